The summed E-state index contributed by atoms with van der Waals surface area (Å²) in [5, 5.41) is 1.53. The van der Waals surface area contributed by atoms with Crippen molar-refractivity contribution < 1.29 is 4.79 Å². The van der Waals surface area contributed by atoms with Gasteiger partial charge in [0.2, 0.25) is 0 Å². The number of aromatic amines is 1. The summed E-state index contributed by atoms with van der Waals surface area (Å²) in [5.74, 6) is 0.968. The number of hydrogen-bond donors (Lipinski definition) is 1. The molecule has 1 aromatic heterocycles. The summed E-state index contributed by atoms with van der Waals surface area (Å²) in [5.41, 5.74) is 1.69. The number of halogens is 1. The van der Waals surface area contributed by atoms with Crippen LogP contribution in [0.25, 0.3) is 10.9 Å². The number of fused-ring (bicyclic) bond motifs is 1. The van der Waals surface area contributed by atoms with Crippen molar-refractivity contribution in [2.24, 2.45) is 5.92 Å². The van der Waals surface area contributed by atoms with Gasteiger partial charge in [0.25, 0.3) is 0 Å². The minimum atomic E-state index is 0.214. The van der Waals surface area contributed by atoms with Crippen molar-refractivity contribution in [1.29, 1.82) is 0 Å². The molecule has 0 bridgehead atoms. The number of benzene rings is 1. The number of rotatable bonds is 4. The normalized spacial score (nSPS) is 16.3. The molecule has 19 heavy (non-hydrogen) atoms. The highest BCUT2D eigenvalue weighted by Crippen LogP contribution is 2.31. The quantitative estimate of drug-likeness (QED) is 0.785. The van der Waals surface area contributed by atoms with Gasteiger partial charge >= 0.3 is 0 Å². The standard InChI is InChI=1S/C16H18ClNO/c17-13-6-3-7-14-16(13)12(10-18-14)15(19)9-8-11-4-1-2-5-11/h3,6-7,10-11,18H,1-2,4-5,8-9H2. The lowest BCUT2D eigenvalue weighted by Crippen LogP contribution is -2.02. The van der Waals surface area contributed by atoms with Crippen LogP contribution >= 0.6 is 11.6 Å². The molecule has 0 spiro atoms. The van der Waals surface area contributed by atoms with E-state index in [0.717, 1.165) is 28.8 Å². The van der Waals surface area contributed by atoms with E-state index in [1.165, 1.54) is 25.7 Å². The summed E-state index contributed by atoms with van der Waals surface area (Å²) in [4.78, 5) is 15.5. The Morgan fingerprint density at radius 1 is 1.32 bits per heavy atom. The zero-order valence-electron chi connectivity index (χ0n) is 10.9. The Kier molecular flexibility index (Phi) is 3.61. The average Bonchev–Trinajstić information content (AvgIpc) is 3.05. The molecular formula is C16H18ClNO. The molecule has 2 aromatic rings. The van der Waals surface area contributed by atoms with E-state index in [-0.39, 0.29) is 5.78 Å². The molecule has 100 valence electrons. The van der Waals surface area contributed by atoms with Gasteiger partial charge in [0.05, 0.1) is 5.02 Å². The third-order valence-electron chi connectivity index (χ3n) is 4.21. The number of nitrogens with one attached hydrogen (secondary N) is 1. The second kappa shape index (κ2) is 5.38. The van der Waals surface area contributed by atoms with E-state index in [0.29, 0.717) is 11.4 Å². The Balaban J connectivity index is 1.77. The smallest absolute Gasteiger partial charge is 0.165 e. The van der Waals surface area contributed by atoms with E-state index in [4.69, 9.17) is 11.6 Å². The van der Waals surface area contributed by atoms with E-state index < -0.39 is 0 Å². The minimum absolute atomic E-state index is 0.214. The first-order valence-electron chi connectivity index (χ1n) is 7.04. The maximum Gasteiger partial charge on any atom is 0.165 e. The first-order valence-corrected chi connectivity index (χ1v) is 7.42. The first kappa shape index (κ1) is 12.7. The van der Waals surface area contributed by atoms with E-state index >= 15 is 0 Å². The van der Waals surface area contributed by atoms with Crippen LogP contribution in [0.4, 0.5) is 0 Å². The van der Waals surface area contributed by atoms with Crippen LogP contribution in [0, 0.1) is 5.92 Å². The van der Waals surface area contributed by atoms with Gasteiger partial charge in [-0.25, -0.2) is 0 Å². The van der Waals surface area contributed by atoms with Gasteiger partial charge in [-0.05, 0) is 24.5 Å². The van der Waals surface area contributed by atoms with Crippen molar-refractivity contribution in [1.82, 2.24) is 4.98 Å². The number of H-pyrrole nitrogens is 1. The number of Topliss-reactive ketones (excluding diaryl/α,β-unsaturated/α-hetero) is 1. The molecule has 1 aliphatic rings. The second-order valence-electron chi connectivity index (χ2n) is 5.48. The molecule has 1 fully saturated rings. The molecule has 0 atom stereocenters. The van der Waals surface area contributed by atoms with E-state index in [2.05, 4.69) is 4.98 Å². The molecule has 3 rings (SSSR count). The van der Waals surface area contributed by atoms with Gasteiger partial charge in [0, 0.05) is 29.1 Å². The molecule has 0 unspecified atom stereocenters. The topological polar surface area (TPSA) is 32.9 Å². The van der Waals surface area contributed by atoms with E-state index in [9.17, 15) is 4.79 Å². The van der Waals surface area contributed by atoms with Crippen LogP contribution < -0.4 is 0 Å². The molecule has 1 aromatic carbocycles. The number of ketones is 1. The Bertz CT molecular complexity index is 596. The molecule has 1 N–H and O–H groups in total. The highest BCUT2D eigenvalue weighted by atomic mass is 35.5. The zero-order valence-corrected chi connectivity index (χ0v) is 11.7. The van der Waals surface area contributed by atoms with Gasteiger partial charge in [0.1, 0.15) is 0 Å². The first-order chi connectivity index (χ1) is 9.25. The third-order valence-corrected chi connectivity index (χ3v) is 4.52. The SMILES string of the molecule is O=C(CCC1CCCC1)c1c[nH]c2cccc(Cl)c12. The predicted molar refractivity (Wildman–Crippen MR) is 78.8 cm³/mol. The van der Waals surface area contributed by atoms with Crippen molar-refractivity contribution in [3.8, 4) is 0 Å². The van der Waals surface area contributed by atoms with E-state index in [1.54, 1.807) is 6.20 Å². The Hall–Kier alpha value is -1.28. The van der Waals surface area contributed by atoms with Crippen LogP contribution in [0.1, 0.15) is 48.9 Å². The van der Waals surface area contributed by atoms with Crippen LogP contribution in [-0.4, -0.2) is 10.8 Å². The molecule has 0 saturated heterocycles. The lowest BCUT2D eigenvalue weighted by atomic mass is 9.97. The van der Waals surface area contributed by atoms with Crippen LogP contribution in [0.5, 0.6) is 0 Å². The number of hydrogen-bond acceptors (Lipinski definition) is 1. The minimum Gasteiger partial charge on any atom is -0.360 e. The third kappa shape index (κ3) is 2.55. The Morgan fingerprint density at radius 3 is 2.89 bits per heavy atom. The van der Waals surface area contributed by atoms with Crippen LogP contribution in [0.15, 0.2) is 24.4 Å². The summed E-state index contributed by atoms with van der Waals surface area (Å²) in [6.45, 7) is 0. The fourth-order valence-corrected chi connectivity index (χ4v) is 3.41. The van der Waals surface area contributed by atoms with Gasteiger partial charge in [-0.15, -0.1) is 0 Å². The summed E-state index contributed by atoms with van der Waals surface area (Å²) in [6, 6.07) is 5.69. The Morgan fingerprint density at radius 2 is 2.11 bits per heavy atom. The van der Waals surface area contributed by atoms with Crippen molar-refractivity contribution >= 4 is 28.3 Å². The molecule has 1 aliphatic carbocycles. The predicted octanol–water partition coefficient (Wildman–Crippen LogP) is 4.97. The summed E-state index contributed by atoms with van der Waals surface area (Å²) in [7, 11) is 0. The van der Waals surface area contributed by atoms with Crippen molar-refractivity contribution in [3.63, 3.8) is 0 Å². The van der Waals surface area contributed by atoms with Crippen LogP contribution in [0.2, 0.25) is 5.02 Å². The fraction of sp³-hybridized carbons (Fsp3) is 0.438. The van der Waals surface area contributed by atoms with Crippen LogP contribution in [0.3, 0.4) is 0 Å². The monoisotopic (exact) mass is 275 g/mol. The lowest BCUT2D eigenvalue weighted by Gasteiger charge is -2.07. The van der Waals surface area contributed by atoms with Crippen molar-refractivity contribution in [2.75, 3.05) is 0 Å². The molecule has 0 radical (unpaired) electrons. The molecule has 0 aliphatic heterocycles. The largest absolute Gasteiger partial charge is 0.360 e. The molecule has 2 nitrogen and oxygen atoms in total. The lowest BCUT2D eigenvalue weighted by molar-refractivity contribution is 0.0975. The van der Waals surface area contributed by atoms with Gasteiger partial charge in [-0.3, -0.25) is 4.79 Å². The molecule has 1 heterocycles. The van der Waals surface area contributed by atoms with Gasteiger partial charge in [0.15, 0.2) is 5.78 Å². The fourth-order valence-electron chi connectivity index (χ4n) is 3.13. The highest BCUT2D eigenvalue weighted by molar-refractivity contribution is 6.36. The maximum absolute atomic E-state index is 12.4. The van der Waals surface area contributed by atoms with Gasteiger partial charge in [-0.2, -0.15) is 0 Å². The van der Waals surface area contributed by atoms with Gasteiger partial charge < -0.3 is 4.98 Å². The Labute approximate surface area is 118 Å². The second-order valence-corrected chi connectivity index (χ2v) is 5.88. The number of aromatic nitrogens is 1. The number of carbonyl (C=O) groups is 1. The summed E-state index contributed by atoms with van der Waals surface area (Å²) in [6.07, 6.45) is 8.71. The molecule has 0 amide bonds. The molecule has 1 saturated carbocycles. The van der Waals surface area contributed by atoms with Crippen LogP contribution in [-0.2, 0) is 0 Å². The number of carbonyl (C=O) groups excluding carboxylic acids is 1. The highest BCUT2D eigenvalue weighted by Gasteiger charge is 2.19. The average molecular weight is 276 g/mol. The van der Waals surface area contributed by atoms with Gasteiger partial charge in [-0.1, -0.05) is 43.4 Å². The zero-order chi connectivity index (χ0) is 13.2. The summed E-state index contributed by atoms with van der Waals surface area (Å²) < 4.78 is 0. The summed E-state index contributed by atoms with van der Waals surface area (Å²) >= 11 is 6.20. The van der Waals surface area contributed by atoms with E-state index in [1.807, 2.05) is 18.2 Å². The van der Waals surface area contributed by atoms with Crippen molar-refractivity contribution in [3.05, 3.63) is 35.0 Å². The molecular weight excluding hydrogens is 258 g/mol. The molecule has 3 heteroatoms. The van der Waals surface area contributed by atoms with Crippen molar-refractivity contribution in [2.45, 2.75) is 38.5 Å². The maximum atomic E-state index is 12.4.